The van der Waals surface area contributed by atoms with Crippen LogP contribution in [-0.4, -0.2) is 42.1 Å². The number of alkyl halides is 6. The molecular weight excluding hydrogens is 660 g/mol. The molecule has 1 unspecified atom stereocenters. The zero-order chi connectivity index (χ0) is 35.2. The van der Waals surface area contributed by atoms with E-state index in [1.807, 2.05) is 5.32 Å². The smallest absolute Gasteiger partial charge is 0.416 e. The van der Waals surface area contributed by atoms with Crippen molar-refractivity contribution in [1.82, 2.24) is 10.6 Å². The summed E-state index contributed by atoms with van der Waals surface area (Å²) in [5, 5.41) is 6.44. The average Bonchev–Trinajstić information content (AvgIpc) is 2.95. The van der Waals surface area contributed by atoms with Crippen molar-refractivity contribution < 1.29 is 55.0 Å². The molecule has 3 N–H and O–H groups in total. The van der Waals surface area contributed by atoms with Gasteiger partial charge in [-0.2, -0.15) is 26.3 Å². The Morgan fingerprint density at radius 2 is 1.43 bits per heavy atom. The second-order valence-electron chi connectivity index (χ2n) is 11.0. The standard InChI is InChI=1S/C31H28ClF6N3O6/c1-29(2,3)47-27(44)23(11-17-7-5-4-6-8-17)41-25(42)16-39-28(45)46-24-10-9-20(32)15-22(24)26(43)40-21-13-18(30(33,34)35)12-19(14-21)31(36,37)38/h4-10,12-15,23H,11,16H2,1-3H3,(H,39,45)(H,40,43)(H,41,42). The summed E-state index contributed by atoms with van der Waals surface area (Å²) in [7, 11) is 0. The molecular formula is C31H28ClF6N3O6. The van der Waals surface area contributed by atoms with E-state index >= 15 is 0 Å². The molecule has 0 fully saturated rings. The zero-order valence-electron chi connectivity index (χ0n) is 24.9. The van der Waals surface area contributed by atoms with E-state index < -0.39 is 82.5 Å². The van der Waals surface area contributed by atoms with Gasteiger partial charge >= 0.3 is 24.4 Å². The van der Waals surface area contributed by atoms with Crippen LogP contribution in [0.25, 0.3) is 0 Å². The third kappa shape index (κ3) is 11.5. The lowest BCUT2D eigenvalue weighted by atomic mass is 10.1. The molecule has 1 atom stereocenters. The lowest BCUT2D eigenvalue weighted by molar-refractivity contribution is -0.158. The first-order valence-corrected chi connectivity index (χ1v) is 14.0. The Bertz CT molecular complexity index is 1590. The largest absolute Gasteiger partial charge is 0.458 e. The average molecular weight is 688 g/mol. The molecule has 3 aromatic rings. The zero-order valence-corrected chi connectivity index (χ0v) is 25.7. The number of nitrogens with one attached hydrogen (secondary N) is 3. The summed E-state index contributed by atoms with van der Waals surface area (Å²) in [6, 6.07) is 11.3. The number of benzene rings is 3. The summed E-state index contributed by atoms with van der Waals surface area (Å²) in [5.74, 6) is -3.30. The SMILES string of the molecule is CC(C)(C)OC(=O)C(Cc1ccccc1)NC(=O)CNC(=O)Oc1ccc(Cl)cc1C(=O)Nc1cc(C(F)(F)F)cc(C(F)(F)F)c1. The Kier molecular flexibility index (Phi) is 11.5. The summed E-state index contributed by atoms with van der Waals surface area (Å²) in [5.41, 5.74) is -4.86. The highest BCUT2D eigenvalue weighted by Crippen LogP contribution is 2.38. The van der Waals surface area contributed by atoms with Crippen LogP contribution in [0.5, 0.6) is 5.75 Å². The van der Waals surface area contributed by atoms with Gasteiger partial charge in [-0.15, -0.1) is 0 Å². The van der Waals surface area contributed by atoms with E-state index in [2.05, 4.69) is 10.6 Å². The molecule has 3 aromatic carbocycles. The maximum Gasteiger partial charge on any atom is 0.416 e. The van der Waals surface area contributed by atoms with Crippen LogP contribution in [-0.2, 0) is 33.1 Å². The molecule has 0 saturated carbocycles. The molecule has 0 radical (unpaired) electrons. The van der Waals surface area contributed by atoms with E-state index in [4.69, 9.17) is 21.1 Å². The van der Waals surface area contributed by atoms with Crippen molar-refractivity contribution >= 4 is 41.2 Å². The number of amides is 3. The number of halogens is 7. The molecule has 3 amide bonds. The molecule has 0 saturated heterocycles. The molecule has 0 aliphatic rings. The topological polar surface area (TPSA) is 123 Å². The van der Waals surface area contributed by atoms with Gasteiger partial charge in [0.1, 0.15) is 23.9 Å². The van der Waals surface area contributed by atoms with Crippen molar-refractivity contribution in [2.24, 2.45) is 0 Å². The number of anilines is 1. The molecule has 16 heteroatoms. The second-order valence-corrected chi connectivity index (χ2v) is 11.4. The van der Waals surface area contributed by atoms with Gasteiger partial charge in [-0.25, -0.2) is 9.59 Å². The quantitative estimate of drug-likeness (QED) is 0.168. The number of ether oxygens (including phenoxy) is 2. The lowest BCUT2D eigenvalue weighted by Crippen LogP contribution is -2.48. The van der Waals surface area contributed by atoms with E-state index in [9.17, 15) is 45.5 Å². The summed E-state index contributed by atoms with van der Waals surface area (Å²) in [4.78, 5) is 50.9. The van der Waals surface area contributed by atoms with Gasteiger partial charge in [-0.05, 0) is 62.7 Å². The minimum Gasteiger partial charge on any atom is -0.458 e. The number of rotatable bonds is 9. The Labute approximate surface area is 269 Å². The highest BCUT2D eigenvalue weighted by atomic mass is 35.5. The van der Waals surface area contributed by atoms with Gasteiger partial charge < -0.3 is 25.4 Å². The normalized spacial score (nSPS) is 12.5. The van der Waals surface area contributed by atoms with Gasteiger partial charge in [0.25, 0.3) is 5.91 Å². The van der Waals surface area contributed by atoms with Crippen LogP contribution in [0.3, 0.4) is 0 Å². The van der Waals surface area contributed by atoms with Gasteiger partial charge in [0, 0.05) is 17.1 Å². The van der Waals surface area contributed by atoms with Gasteiger partial charge in [0.15, 0.2) is 0 Å². The summed E-state index contributed by atoms with van der Waals surface area (Å²) in [6.45, 7) is 4.24. The van der Waals surface area contributed by atoms with Crippen molar-refractivity contribution in [1.29, 1.82) is 0 Å². The van der Waals surface area contributed by atoms with Crippen LogP contribution < -0.4 is 20.7 Å². The Balaban J connectivity index is 1.72. The van der Waals surface area contributed by atoms with Crippen molar-refractivity contribution in [2.75, 3.05) is 11.9 Å². The van der Waals surface area contributed by atoms with Crippen LogP contribution in [0.2, 0.25) is 5.02 Å². The second kappa shape index (κ2) is 14.8. The lowest BCUT2D eigenvalue weighted by Gasteiger charge is -2.24. The van der Waals surface area contributed by atoms with Crippen LogP contribution in [0, 0.1) is 0 Å². The highest BCUT2D eigenvalue weighted by Gasteiger charge is 2.37. The van der Waals surface area contributed by atoms with Crippen LogP contribution in [0.1, 0.15) is 47.8 Å². The third-order valence-electron chi connectivity index (χ3n) is 5.94. The van der Waals surface area contributed by atoms with Crippen LogP contribution in [0.15, 0.2) is 66.7 Å². The monoisotopic (exact) mass is 687 g/mol. The van der Waals surface area contributed by atoms with Crippen molar-refractivity contribution in [3.63, 3.8) is 0 Å². The van der Waals surface area contributed by atoms with E-state index in [0.717, 1.165) is 12.1 Å². The number of hydrogen-bond donors (Lipinski definition) is 3. The predicted octanol–water partition coefficient (Wildman–Crippen LogP) is 6.79. The maximum absolute atomic E-state index is 13.2. The number of esters is 1. The van der Waals surface area contributed by atoms with Gasteiger partial charge in [-0.3, -0.25) is 9.59 Å². The van der Waals surface area contributed by atoms with Gasteiger partial charge in [0.2, 0.25) is 5.91 Å². The summed E-state index contributed by atoms with van der Waals surface area (Å²) < 4.78 is 89.9. The molecule has 0 heterocycles. The van der Waals surface area contributed by atoms with E-state index in [1.165, 1.54) is 6.07 Å². The molecule has 47 heavy (non-hydrogen) atoms. The fraction of sp³-hybridized carbons (Fsp3) is 0.290. The van der Waals surface area contributed by atoms with Crippen LogP contribution in [0.4, 0.5) is 36.8 Å². The van der Waals surface area contributed by atoms with Gasteiger partial charge in [0.05, 0.1) is 16.7 Å². The minimum absolute atomic E-state index is 0.0749. The molecule has 0 spiro atoms. The van der Waals surface area contributed by atoms with E-state index in [1.54, 1.807) is 51.1 Å². The molecule has 0 aliphatic carbocycles. The fourth-order valence-electron chi connectivity index (χ4n) is 3.94. The number of carbonyl (C=O) groups excluding carboxylic acids is 4. The van der Waals surface area contributed by atoms with Crippen molar-refractivity contribution in [3.05, 3.63) is 94.0 Å². The molecule has 0 bridgehead atoms. The van der Waals surface area contributed by atoms with Crippen molar-refractivity contribution in [2.45, 2.75) is 51.2 Å². The van der Waals surface area contributed by atoms with E-state index in [0.29, 0.717) is 17.7 Å². The Morgan fingerprint density at radius 3 is 1.98 bits per heavy atom. The van der Waals surface area contributed by atoms with Crippen LogP contribution >= 0.6 is 11.6 Å². The predicted molar refractivity (Wildman–Crippen MR) is 158 cm³/mol. The Hall–Kier alpha value is -4.79. The summed E-state index contributed by atoms with van der Waals surface area (Å²) >= 11 is 5.92. The molecule has 252 valence electrons. The first kappa shape index (κ1) is 36.7. The van der Waals surface area contributed by atoms with E-state index in [-0.39, 0.29) is 17.5 Å². The fourth-order valence-corrected chi connectivity index (χ4v) is 4.12. The minimum atomic E-state index is -5.16. The maximum atomic E-state index is 13.2. The number of carbonyl (C=O) groups is 4. The summed E-state index contributed by atoms with van der Waals surface area (Å²) in [6.07, 6.45) is -11.5. The molecule has 9 nitrogen and oxygen atoms in total. The number of hydrogen-bond acceptors (Lipinski definition) is 6. The van der Waals surface area contributed by atoms with Crippen molar-refractivity contribution in [3.8, 4) is 5.75 Å². The molecule has 3 rings (SSSR count). The molecule has 0 aromatic heterocycles. The molecule has 0 aliphatic heterocycles. The first-order valence-electron chi connectivity index (χ1n) is 13.6. The highest BCUT2D eigenvalue weighted by molar-refractivity contribution is 6.31. The Morgan fingerprint density at radius 1 is 0.830 bits per heavy atom. The first-order chi connectivity index (χ1) is 21.7. The van der Waals surface area contributed by atoms with Gasteiger partial charge in [-0.1, -0.05) is 41.9 Å². The third-order valence-corrected chi connectivity index (χ3v) is 6.17.